The van der Waals surface area contributed by atoms with E-state index in [4.69, 9.17) is 0 Å². The van der Waals surface area contributed by atoms with Crippen LogP contribution in [0.25, 0.3) is 11.0 Å². The Kier molecular flexibility index (Phi) is 3.78. The standard InChI is InChI=1S/C17H13FN4OS/c18-13-3-1-2-12(10-13)14-6-7-22(19-14)17(23)9-11-4-5-15-16(8-11)21-24-20-15/h1-5,8,10H,6-7,9H2. The van der Waals surface area contributed by atoms with Crippen LogP contribution >= 0.6 is 11.7 Å². The smallest absolute Gasteiger partial charge is 0.247 e. The maximum absolute atomic E-state index is 13.3. The van der Waals surface area contributed by atoms with E-state index in [0.717, 1.165) is 39.6 Å². The van der Waals surface area contributed by atoms with E-state index in [2.05, 4.69) is 13.8 Å². The van der Waals surface area contributed by atoms with Gasteiger partial charge in [0.1, 0.15) is 16.9 Å². The molecule has 2 aromatic carbocycles. The summed E-state index contributed by atoms with van der Waals surface area (Å²) < 4.78 is 21.7. The predicted octanol–water partition coefficient (Wildman–Crippen LogP) is 3.01. The van der Waals surface area contributed by atoms with Crippen molar-refractivity contribution in [3.8, 4) is 0 Å². The molecule has 3 aromatic rings. The quantitative estimate of drug-likeness (QED) is 0.736. The van der Waals surface area contributed by atoms with E-state index in [0.29, 0.717) is 13.0 Å². The molecule has 0 atom stereocenters. The molecule has 0 bridgehead atoms. The Bertz CT molecular complexity index is 952. The van der Waals surface area contributed by atoms with Gasteiger partial charge in [-0.15, -0.1) is 0 Å². The largest absolute Gasteiger partial charge is 0.273 e. The summed E-state index contributed by atoms with van der Waals surface area (Å²) in [6, 6.07) is 11.9. The Morgan fingerprint density at radius 3 is 2.92 bits per heavy atom. The lowest BCUT2D eigenvalue weighted by Gasteiger charge is -2.11. The molecule has 0 unspecified atom stereocenters. The number of fused-ring (bicyclic) bond motifs is 1. The number of hydrazone groups is 1. The number of nitrogens with zero attached hydrogens (tertiary/aromatic N) is 4. The third kappa shape index (κ3) is 2.90. The first-order valence-electron chi connectivity index (χ1n) is 7.54. The summed E-state index contributed by atoms with van der Waals surface area (Å²) >= 11 is 1.16. The topological polar surface area (TPSA) is 58.5 Å². The van der Waals surface area contributed by atoms with Gasteiger partial charge in [-0.2, -0.15) is 13.8 Å². The van der Waals surface area contributed by atoms with Crippen LogP contribution < -0.4 is 0 Å². The second kappa shape index (κ2) is 6.09. The van der Waals surface area contributed by atoms with Crippen LogP contribution in [0.1, 0.15) is 17.5 Å². The molecule has 0 saturated heterocycles. The van der Waals surface area contributed by atoms with Crippen molar-refractivity contribution in [2.24, 2.45) is 5.10 Å². The van der Waals surface area contributed by atoms with Crippen molar-refractivity contribution in [2.45, 2.75) is 12.8 Å². The summed E-state index contributed by atoms with van der Waals surface area (Å²) in [5.41, 5.74) is 3.98. The molecule has 0 aliphatic carbocycles. The molecule has 24 heavy (non-hydrogen) atoms. The summed E-state index contributed by atoms with van der Waals surface area (Å²) in [5, 5.41) is 5.82. The molecule has 1 amide bonds. The Morgan fingerprint density at radius 1 is 1.17 bits per heavy atom. The average Bonchev–Trinajstić information content (AvgIpc) is 3.24. The van der Waals surface area contributed by atoms with E-state index in [9.17, 15) is 9.18 Å². The molecule has 120 valence electrons. The van der Waals surface area contributed by atoms with Gasteiger partial charge in [0.15, 0.2) is 0 Å². The van der Waals surface area contributed by atoms with E-state index < -0.39 is 0 Å². The van der Waals surface area contributed by atoms with Gasteiger partial charge < -0.3 is 0 Å². The molecule has 1 aliphatic heterocycles. The van der Waals surface area contributed by atoms with Crippen LogP contribution in [0.2, 0.25) is 0 Å². The maximum Gasteiger partial charge on any atom is 0.247 e. The summed E-state index contributed by atoms with van der Waals surface area (Å²) in [5.74, 6) is -0.380. The van der Waals surface area contributed by atoms with Gasteiger partial charge in [-0.25, -0.2) is 9.40 Å². The molecular formula is C17H13FN4OS. The Hall–Kier alpha value is -2.67. The molecule has 0 radical (unpaired) electrons. The van der Waals surface area contributed by atoms with Crippen LogP contribution in [0.15, 0.2) is 47.6 Å². The second-order valence-electron chi connectivity index (χ2n) is 5.59. The minimum atomic E-state index is -0.301. The third-order valence-corrected chi connectivity index (χ3v) is 4.48. The molecular weight excluding hydrogens is 327 g/mol. The number of hydrogen-bond donors (Lipinski definition) is 0. The predicted molar refractivity (Wildman–Crippen MR) is 90.4 cm³/mol. The van der Waals surface area contributed by atoms with Crippen molar-refractivity contribution in [3.05, 3.63) is 59.4 Å². The number of amides is 1. The van der Waals surface area contributed by atoms with Gasteiger partial charge in [-0.05, 0) is 29.8 Å². The molecule has 4 rings (SSSR count). The number of aromatic nitrogens is 2. The van der Waals surface area contributed by atoms with Gasteiger partial charge in [0, 0.05) is 12.0 Å². The van der Waals surface area contributed by atoms with Crippen LogP contribution in [0, 0.1) is 5.82 Å². The second-order valence-corrected chi connectivity index (χ2v) is 6.12. The Balaban J connectivity index is 1.50. The van der Waals surface area contributed by atoms with Crippen molar-refractivity contribution in [1.29, 1.82) is 0 Å². The molecule has 0 spiro atoms. The van der Waals surface area contributed by atoms with Crippen LogP contribution in [0.4, 0.5) is 4.39 Å². The number of carbonyl (C=O) groups is 1. The zero-order valence-corrected chi connectivity index (χ0v) is 13.5. The zero-order valence-electron chi connectivity index (χ0n) is 12.6. The lowest BCUT2D eigenvalue weighted by molar-refractivity contribution is -0.130. The van der Waals surface area contributed by atoms with E-state index in [1.165, 1.54) is 17.1 Å². The average molecular weight is 340 g/mol. The molecule has 1 aliphatic rings. The fraction of sp³-hybridized carbons (Fsp3) is 0.176. The highest BCUT2D eigenvalue weighted by atomic mass is 32.1. The number of benzene rings is 2. The van der Waals surface area contributed by atoms with Crippen LogP contribution in [0.3, 0.4) is 0 Å². The summed E-state index contributed by atoms with van der Waals surface area (Å²) in [6.45, 7) is 0.519. The van der Waals surface area contributed by atoms with Crippen molar-refractivity contribution < 1.29 is 9.18 Å². The van der Waals surface area contributed by atoms with Crippen molar-refractivity contribution in [2.75, 3.05) is 6.54 Å². The van der Waals surface area contributed by atoms with E-state index >= 15 is 0 Å². The lowest BCUT2D eigenvalue weighted by atomic mass is 10.1. The van der Waals surface area contributed by atoms with E-state index in [-0.39, 0.29) is 18.1 Å². The minimum absolute atomic E-state index is 0.0797. The minimum Gasteiger partial charge on any atom is -0.273 e. The van der Waals surface area contributed by atoms with Gasteiger partial charge >= 0.3 is 0 Å². The first kappa shape index (κ1) is 14.9. The highest BCUT2D eigenvalue weighted by Gasteiger charge is 2.22. The lowest BCUT2D eigenvalue weighted by Crippen LogP contribution is -2.25. The monoisotopic (exact) mass is 340 g/mol. The molecule has 7 heteroatoms. The molecule has 5 nitrogen and oxygen atoms in total. The fourth-order valence-electron chi connectivity index (χ4n) is 2.71. The van der Waals surface area contributed by atoms with Gasteiger partial charge in [0.05, 0.1) is 30.4 Å². The normalized spacial score (nSPS) is 14.2. The first-order chi connectivity index (χ1) is 11.7. The van der Waals surface area contributed by atoms with Gasteiger partial charge in [0.2, 0.25) is 5.91 Å². The number of halogens is 1. The Morgan fingerprint density at radius 2 is 2.04 bits per heavy atom. The summed E-state index contributed by atoms with van der Waals surface area (Å²) in [4.78, 5) is 12.4. The van der Waals surface area contributed by atoms with Gasteiger partial charge in [0.25, 0.3) is 0 Å². The van der Waals surface area contributed by atoms with E-state index in [1.54, 1.807) is 12.1 Å². The third-order valence-electron chi connectivity index (χ3n) is 3.92. The van der Waals surface area contributed by atoms with Crippen molar-refractivity contribution in [1.82, 2.24) is 13.8 Å². The Labute approximate surface area is 141 Å². The van der Waals surface area contributed by atoms with Crippen LogP contribution in [0.5, 0.6) is 0 Å². The van der Waals surface area contributed by atoms with Crippen LogP contribution in [-0.4, -0.2) is 31.9 Å². The van der Waals surface area contributed by atoms with E-state index in [1.807, 2.05) is 18.2 Å². The van der Waals surface area contributed by atoms with Gasteiger partial charge in [-0.3, -0.25) is 4.79 Å². The zero-order chi connectivity index (χ0) is 16.5. The van der Waals surface area contributed by atoms with Crippen LogP contribution in [-0.2, 0) is 11.2 Å². The van der Waals surface area contributed by atoms with Crippen molar-refractivity contribution in [3.63, 3.8) is 0 Å². The number of hydrogen-bond acceptors (Lipinski definition) is 5. The van der Waals surface area contributed by atoms with Crippen molar-refractivity contribution >= 4 is 34.4 Å². The first-order valence-corrected chi connectivity index (χ1v) is 8.27. The molecule has 2 heterocycles. The number of rotatable bonds is 3. The molecule has 0 fully saturated rings. The molecule has 0 saturated carbocycles. The summed E-state index contributed by atoms with van der Waals surface area (Å²) in [7, 11) is 0. The fourth-order valence-corrected chi connectivity index (χ4v) is 3.23. The molecule has 0 N–H and O–H groups in total. The highest BCUT2D eigenvalue weighted by Crippen LogP contribution is 2.18. The SMILES string of the molecule is O=C(Cc1ccc2nsnc2c1)N1CCC(c2cccc(F)c2)=N1. The highest BCUT2D eigenvalue weighted by molar-refractivity contribution is 7.00. The van der Waals surface area contributed by atoms with Gasteiger partial charge in [-0.1, -0.05) is 18.2 Å². The number of carbonyl (C=O) groups excluding carboxylic acids is 1. The maximum atomic E-state index is 13.3. The summed E-state index contributed by atoms with van der Waals surface area (Å²) in [6.07, 6.45) is 0.887. The molecule has 1 aromatic heterocycles.